The number of benzene rings is 1. The predicted molar refractivity (Wildman–Crippen MR) is 123 cm³/mol. The SMILES string of the molecule is CCCn1c(=O)sc2cc(S(=O)(=O)N3CCN(C(=O)c4sc(C)nc4C)CC3)ccc21. The number of rotatable bonds is 5. The lowest BCUT2D eigenvalue weighted by molar-refractivity contribution is 0.0702. The van der Waals surface area contributed by atoms with Crippen LogP contribution in [0.2, 0.25) is 0 Å². The lowest BCUT2D eigenvalue weighted by atomic mass is 10.3. The zero-order chi connectivity index (χ0) is 22.3. The maximum Gasteiger partial charge on any atom is 0.308 e. The van der Waals surface area contributed by atoms with E-state index in [1.54, 1.807) is 27.7 Å². The Hall–Kier alpha value is -2.08. The Balaban J connectivity index is 1.52. The quantitative estimate of drug-likeness (QED) is 0.560. The van der Waals surface area contributed by atoms with Crippen molar-refractivity contribution in [1.29, 1.82) is 0 Å². The van der Waals surface area contributed by atoms with Crippen molar-refractivity contribution in [2.24, 2.45) is 0 Å². The van der Waals surface area contributed by atoms with Crippen LogP contribution in [0.5, 0.6) is 0 Å². The van der Waals surface area contributed by atoms with Gasteiger partial charge in [-0.15, -0.1) is 11.3 Å². The zero-order valence-corrected chi connectivity index (χ0v) is 20.1. The first-order chi connectivity index (χ1) is 14.7. The van der Waals surface area contributed by atoms with Gasteiger partial charge < -0.3 is 4.90 Å². The van der Waals surface area contributed by atoms with Crippen molar-refractivity contribution < 1.29 is 13.2 Å². The molecule has 0 radical (unpaired) electrons. The van der Waals surface area contributed by atoms with Gasteiger partial charge in [-0.05, 0) is 38.5 Å². The first-order valence-corrected chi connectivity index (χ1v) is 13.2. The lowest BCUT2D eigenvalue weighted by Gasteiger charge is -2.33. The van der Waals surface area contributed by atoms with Gasteiger partial charge in [0.25, 0.3) is 5.91 Å². The number of carbonyl (C=O) groups excluding carboxylic acids is 1. The first kappa shape index (κ1) is 22.1. The predicted octanol–water partition coefficient (Wildman–Crippen LogP) is 2.69. The highest BCUT2D eigenvalue weighted by molar-refractivity contribution is 7.89. The molecule has 1 saturated heterocycles. The molecule has 1 fully saturated rings. The molecule has 1 aliphatic heterocycles. The molecule has 8 nitrogen and oxygen atoms in total. The van der Waals surface area contributed by atoms with Gasteiger partial charge in [0.2, 0.25) is 10.0 Å². The molecule has 2 aromatic heterocycles. The van der Waals surface area contributed by atoms with Crippen LogP contribution in [0, 0.1) is 13.8 Å². The summed E-state index contributed by atoms with van der Waals surface area (Å²) in [5.74, 6) is -0.0939. The summed E-state index contributed by atoms with van der Waals surface area (Å²) in [6.07, 6.45) is 0.829. The minimum absolute atomic E-state index is 0.0767. The van der Waals surface area contributed by atoms with E-state index in [9.17, 15) is 18.0 Å². The minimum atomic E-state index is -3.71. The third-order valence-electron chi connectivity index (χ3n) is 5.35. The number of nitrogens with zero attached hydrogens (tertiary/aromatic N) is 4. The monoisotopic (exact) mass is 480 g/mol. The second kappa shape index (κ2) is 8.45. The van der Waals surface area contributed by atoms with Gasteiger partial charge in [0, 0.05) is 32.7 Å². The molecule has 0 unspecified atom stereocenters. The number of thiazole rings is 2. The van der Waals surface area contributed by atoms with Gasteiger partial charge in [0.05, 0.1) is 25.8 Å². The van der Waals surface area contributed by atoms with E-state index in [1.165, 1.54) is 15.6 Å². The Morgan fingerprint density at radius 2 is 1.84 bits per heavy atom. The largest absolute Gasteiger partial charge is 0.335 e. The minimum Gasteiger partial charge on any atom is -0.335 e. The summed E-state index contributed by atoms with van der Waals surface area (Å²) >= 11 is 2.43. The normalized spacial score (nSPS) is 15.6. The molecule has 1 amide bonds. The van der Waals surface area contributed by atoms with Gasteiger partial charge in [-0.25, -0.2) is 13.4 Å². The number of carbonyl (C=O) groups is 1. The number of hydrogen-bond donors (Lipinski definition) is 0. The molecule has 11 heteroatoms. The van der Waals surface area contributed by atoms with E-state index in [2.05, 4.69) is 4.98 Å². The van der Waals surface area contributed by atoms with Crippen molar-refractivity contribution in [3.8, 4) is 0 Å². The fourth-order valence-electron chi connectivity index (χ4n) is 3.80. The van der Waals surface area contributed by atoms with Crippen molar-refractivity contribution >= 4 is 48.8 Å². The number of piperazine rings is 1. The van der Waals surface area contributed by atoms with E-state index in [0.29, 0.717) is 34.9 Å². The van der Waals surface area contributed by atoms with Crippen LogP contribution >= 0.6 is 22.7 Å². The topological polar surface area (TPSA) is 92.6 Å². The maximum atomic E-state index is 13.2. The number of aromatic nitrogens is 2. The van der Waals surface area contributed by atoms with Crippen LogP contribution in [-0.2, 0) is 16.6 Å². The molecular weight excluding hydrogens is 456 g/mol. The second-order valence-electron chi connectivity index (χ2n) is 7.49. The van der Waals surface area contributed by atoms with Crippen molar-refractivity contribution in [3.63, 3.8) is 0 Å². The van der Waals surface area contributed by atoms with Crippen LogP contribution in [0.4, 0.5) is 0 Å². The van der Waals surface area contributed by atoms with Gasteiger partial charge in [-0.1, -0.05) is 18.3 Å². The summed E-state index contributed by atoms with van der Waals surface area (Å²) in [4.78, 5) is 31.7. The molecule has 0 aliphatic carbocycles. The highest BCUT2D eigenvalue weighted by atomic mass is 32.2. The molecule has 0 spiro atoms. The fourth-order valence-corrected chi connectivity index (χ4v) is 7.16. The van der Waals surface area contributed by atoms with Gasteiger partial charge in [-0.2, -0.15) is 4.31 Å². The molecule has 1 aliphatic rings. The zero-order valence-electron chi connectivity index (χ0n) is 17.6. The molecule has 0 bridgehead atoms. The Morgan fingerprint density at radius 1 is 1.13 bits per heavy atom. The maximum absolute atomic E-state index is 13.2. The molecule has 0 saturated carbocycles. The van der Waals surface area contributed by atoms with Crippen LogP contribution in [0.1, 0.15) is 33.7 Å². The number of amides is 1. The Kier molecular flexibility index (Phi) is 6.03. The van der Waals surface area contributed by atoms with Gasteiger partial charge in [0.15, 0.2) is 0 Å². The summed E-state index contributed by atoms with van der Waals surface area (Å²) < 4.78 is 30.1. The molecule has 166 valence electrons. The van der Waals surface area contributed by atoms with Crippen LogP contribution in [0.3, 0.4) is 0 Å². The molecule has 31 heavy (non-hydrogen) atoms. The molecular formula is C20H24N4O4S3. The van der Waals surface area contributed by atoms with E-state index >= 15 is 0 Å². The molecule has 1 aromatic carbocycles. The summed E-state index contributed by atoms with van der Waals surface area (Å²) in [5.41, 5.74) is 1.48. The molecule has 4 rings (SSSR count). The van der Waals surface area contributed by atoms with Crippen LogP contribution in [-0.4, -0.2) is 59.3 Å². The number of sulfonamides is 1. The van der Waals surface area contributed by atoms with Gasteiger partial charge >= 0.3 is 4.87 Å². The van der Waals surface area contributed by atoms with Gasteiger partial charge in [-0.3, -0.25) is 14.2 Å². The number of aryl methyl sites for hydroxylation is 3. The second-order valence-corrected chi connectivity index (χ2v) is 11.6. The first-order valence-electron chi connectivity index (χ1n) is 10.1. The van der Waals surface area contributed by atoms with Crippen LogP contribution < -0.4 is 4.87 Å². The van der Waals surface area contributed by atoms with Crippen LogP contribution in [0.15, 0.2) is 27.9 Å². The number of hydrogen-bond acceptors (Lipinski definition) is 7. The average Bonchev–Trinajstić information content (AvgIpc) is 3.25. The molecule has 0 atom stereocenters. The third-order valence-corrected chi connectivity index (χ3v) is 9.25. The fraction of sp³-hybridized carbons (Fsp3) is 0.450. The molecule has 0 N–H and O–H groups in total. The number of fused-ring (bicyclic) bond motifs is 1. The smallest absolute Gasteiger partial charge is 0.308 e. The van der Waals surface area contributed by atoms with Crippen molar-refractivity contribution in [1.82, 2.24) is 18.8 Å². The average molecular weight is 481 g/mol. The molecule has 3 heterocycles. The van der Waals surface area contributed by atoms with E-state index < -0.39 is 10.0 Å². The Labute approximate surface area is 188 Å². The molecule has 3 aromatic rings. The lowest BCUT2D eigenvalue weighted by Crippen LogP contribution is -2.50. The standard InChI is InChI=1S/C20H24N4O4S3/c1-4-7-24-16-6-5-15(12-17(16)30-20(24)26)31(27,28)23-10-8-22(9-11-23)19(25)18-13(2)21-14(3)29-18/h5-6,12H,4,7-11H2,1-3H3. The summed E-state index contributed by atoms with van der Waals surface area (Å²) in [6, 6.07) is 4.87. The summed E-state index contributed by atoms with van der Waals surface area (Å²) in [6.45, 7) is 7.41. The Bertz CT molecular complexity index is 1300. The van der Waals surface area contributed by atoms with Gasteiger partial charge in [0.1, 0.15) is 4.88 Å². The highest BCUT2D eigenvalue weighted by Crippen LogP contribution is 2.26. The summed E-state index contributed by atoms with van der Waals surface area (Å²) in [5, 5.41) is 0.840. The van der Waals surface area contributed by atoms with E-state index in [4.69, 9.17) is 0 Å². The van der Waals surface area contributed by atoms with Crippen molar-refractivity contribution in [2.45, 2.75) is 38.6 Å². The Morgan fingerprint density at radius 3 is 2.45 bits per heavy atom. The van der Waals surface area contributed by atoms with Crippen LogP contribution in [0.25, 0.3) is 10.2 Å². The summed E-state index contributed by atoms with van der Waals surface area (Å²) in [7, 11) is -3.71. The van der Waals surface area contributed by atoms with E-state index in [1.807, 2.05) is 20.8 Å². The van der Waals surface area contributed by atoms with Crippen molar-refractivity contribution in [2.75, 3.05) is 26.2 Å². The van der Waals surface area contributed by atoms with E-state index in [0.717, 1.165) is 28.3 Å². The van der Waals surface area contributed by atoms with E-state index in [-0.39, 0.29) is 28.8 Å². The third kappa shape index (κ3) is 4.07. The highest BCUT2D eigenvalue weighted by Gasteiger charge is 2.31. The van der Waals surface area contributed by atoms with Crippen molar-refractivity contribution in [3.05, 3.63) is 43.4 Å².